The molecule has 0 fully saturated rings. The van der Waals surface area contributed by atoms with E-state index >= 15 is 0 Å². The smallest absolute Gasteiger partial charge is 0.317 e. The number of hydrogen-bond donors (Lipinski definition) is 3. The van der Waals surface area contributed by atoms with Crippen LogP contribution in [0.2, 0.25) is 0 Å². The van der Waals surface area contributed by atoms with Gasteiger partial charge in [0, 0.05) is 25.3 Å². The number of carboxylic acid groups (broad SMARTS) is 1. The first kappa shape index (κ1) is 19.7. The Balaban J connectivity index is 2.10. The van der Waals surface area contributed by atoms with E-state index in [-0.39, 0.29) is 24.4 Å². The van der Waals surface area contributed by atoms with E-state index in [0.29, 0.717) is 18.8 Å². The minimum Gasteiger partial charge on any atom is -0.480 e. The fourth-order valence-corrected chi connectivity index (χ4v) is 2.78. The lowest BCUT2D eigenvalue weighted by Crippen LogP contribution is -2.48. The van der Waals surface area contributed by atoms with Crippen LogP contribution in [0.3, 0.4) is 0 Å². The molecule has 0 aliphatic carbocycles. The number of carboxylic acids is 1. The van der Waals surface area contributed by atoms with Gasteiger partial charge in [-0.1, -0.05) is 50.6 Å². The van der Waals surface area contributed by atoms with E-state index in [0.717, 1.165) is 12.0 Å². The molecule has 1 aromatic carbocycles. The summed E-state index contributed by atoms with van der Waals surface area (Å²) in [4.78, 5) is 32.2. The van der Waals surface area contributed by atoms with Gasteiger partial charge < -0.3 is 15.4 Å². The minimum atomic E-state index is -0.887. The van der Waals surface area contributed by atoms with Gasteiger partial charge in [-0.05, 0) is 11.5 Å². The highest BCUT2D eigenvalue weighted by Crippen LogP contribution is 2.13. The molecule has 0 aliphatic rings. The van der Waals surface area contributed by atoms with E-state index in [2.05, 4.69) is 29.1 Å². The second kappa shape index (κ2) is 9.72. The molecule has 140 valence electrons. The molecule has 7 nitrogen and oxygen atoms in total. The maximum Gasteiger partial charge on any atom is 0.317 e. The van der Waals surface area contributed by atoms with Gasteiger partial charge in [0.15, 0.2) is 0 Å². The van der Waals surface area contributed by atoms with E-state index in [4.69, 9.17) is 0 Å². The maximum atomic E-state index is 12.4. The molecule has 3 N–H and O–H groups in total. The summed E-state index contributed by atoms with van der Waals surface area (Å²) in [5.74, 6) is -0.945. The first-order chi connectivity index (χ1) is 12.5. The van der Waals surface area contributed by atoms with Crippen LogP contribution in [0.5, 0.6) is 0 Å². The second-order valence-electron chi connectivity index (χ2n) is 6.47. The molecule has 2 aromatic rings. The zero-order valence-corrected chi connectivity index (χ0v) is 15.2. The van der Waals surface area contributed by atoms with Gasteiger partial charge in [0.25, 0.3) is 5.91 Å². The average Bonchev–Trinajstić information content (AvgIpc) is 3.15. The molecule has 2 rings (SSSR count). The van der Waals surface area contributed by atoms with Crippen LogP contribution >= 0.6 is 0 Å². The van der Waals surface area contributed by atoms with Crippen molar-refractivity contribution in [3.8, 4) is 0 Å². The van der Waals surface area contributed by atoms with Crippen molar-refractivity contribution in [3.63, 3.8) is 0 Å². The Morgan fingerprint density at radius 1 is 1.31 bits per heavy atom. The molecule has 0 aliphatic heterocycles. The van der Waals surface area contributed by atoms with Crippen LogP contribution in [0.15, 0.2) is 42.9 Å². The summed E-state index contributed by atoms with van der Waals surface area (Å²) in [6.07, 6.45) is 3.87. The zero-order chi connectivity index (χ0) is 18.9. The van der Waals surface area contributed by atoms with Gasteiger partial charge in [-0.2, -0.15) is 0 Å². The molecule has 0 saturated heterocycles. The topological polar surface area (TPSA) is 98.3 Å². The van der Waals surface area contributed by atoms with Crippen LogP contribution in [0, 0.1) is 5.92 Å². The van der Waals surface area contributed by atoms with Crippen molar-refractivity contribution < 1.29 is 14.7 Å². The van der Waals surface area contributed by atoms with Crippen LogP contribution in [-0.4, -0.2) is 51.0 Å². The predicted octanol–water partition coefficient (Wildman–Crippen LogP) is 2.14. The maximum absolute atomic E-state index is 12.4. The average molecular weight is 358 g/mol. The standard InChI is InChI=1S/C19H26N4O3/c1-3-14(2)17(22-19(26)16-9-20-13-21-16)11-23(12-18(24)25)10-15-7-5-4-6-8-15/h4-9,13-14,17H,3,10-12H2,1-2H3,(H,20,21)(H,22,26)(H,24,25)/t14-,17+/m0/s1. The van der Waals surface area contributed by atoms with E-state index < -0.39 is 5.97 Å². The molecule has 0 spiro atoms. The lowest BCUT2D eigenvalue weighted by atomic mass is 9.98. The number of carbonyl (C=O) groups is 2. The number of imidazole rings is 1. The molecular weight excluding hydrogens is 332 g/mol. The molecule has 1 aromatic heterocycles. The molecular formula is C19H26N4O3. The molecule has 1 heterocycles. The number of amides is 1. The Bertz CT molecular complexity index is 688. The third-order valence-corrected chi connectivity index (χ3v) is 4.44. The molecule has 0 unspecified atom stereocenters. The summed E-state index contributed by atoms with van der Waals surface area (Å²) < 4.78 is 0. The predicted molar refractivity (Wildman–Crippen MR) is 98.7 cm³/mol. The summed E-state index contributed by atoms with van der Waals surface area (Å²) >= 11 is 0. The van der Waals surface area contributed by atoms with E-state index in [9.17, 15) is 14.7 Å². The van der Waals surface area contributed by atoms with Gasteiger partial charge in [-0.15, -0.1) is 0 Å². The molecule has 0 bridgehead atoms. The lowest BCUT2D eigenvalue weighted by Gasteiger charge is -2.30. The highest BCUT2D eigenvalue weighted by atomic mass is 16.4. The van der Waals surface area contributed by atoms with Gasteiger partial charge in [0.05, 0.1) is 12.9 Å². The molecule has 7 heteroatoms. The fraction of sp³-hybridized carbons (Fsp3) is 0.421. The number of aromatic amines is 1. The number of aliphatic carboxylic acids is 1. The van der Waals surface area contributed by atoms with Crippen LogP contribution in [-0.2, 0) is 11.3 Å². The normalized spacial score (nSPS) is 13.3. The third kappa shape index (κ3) is 6.00. The summed E-state index contributed by atoms with van der Waals surface area (Å²) in [7, 11) is 0. The van der Waals surface area contributed by atoms with Gasteiger partial charge in [0.2, 0.25) is 0 Å². The molecule has 0 saturated carbocycles. The highest BCUT2D eigenvalue weighted by Gasteiger charge is 2.24. The summed E-state index contributed by atoms with van der Waals surface area (Å²) in [6, 6.07) is 9.55. The Morgan fingerprint density at radius 3 is 2.62 bits per heavy atom. The number of nitrogens with one attached hydrogen (secondary N) is 2. The number of carbonyl (C=O) groups excluding carboxylic acids is 1. The van der Waals surface area contributed by atoms with E-state index in [1.165, 1.54) is 6.33 Å². The Labute approximate surface area is 153 Å². The molecule has 26 heavy (non-hydrogen) atoms. The van der Waals surface area contributed by atoms with Gasteiger partial charge in [0.1, 0.15) is 5.69 Å². The third-order valence-electron chi connectivity index (χ3n) is 4.44. The Morgan fingerprint density at radius 2 is 2.04 bits per heavy atom. The monoisotopic (exact) mass is 358 g/mol. The molecule has 2 atom stereocenters. The largest absolute Gasteiger partial charge is 0.480 e. The minimum absolute atomic E-state index is 0.0832. The number of H-pyrrole nitrogens is 1. The van der Waals surface area contributed by atoms with Crippen molar-refractivity contribution in [2.45, 2.75) is 32.9 Å². The quantitative estimate of drug-likeness (QED) is 0.604. The first-order valence-electron chi connectivity index (χ1n) is 8.77. The first-order valence-corrected chi connectivity index (χ1v) is 8.77. The van der Waals surface area contributed by atoms with Gasteiger partial charge in [-0.3, -0.25) is 14.5 Å². The highest BCUT2D eigenvalue weighted by molar-refractivity contribution is 5.92. The van der Waals surface area contributed by atoms with E-state index in [1.807, 2.05) is 35.2 Å². The number of nitrogens with zero attached hydrogens (tertiary/aromatic N) is 2. The van der Waals surface area contributed by atoms with Crippen LogP contribution in [0.25, 0.3) is 0 Å². The Hall–Kier alpha value is -2.67. The summed E-state index contributed by atoms with van der Waals surface area (Å²) in [6.45, 7) is 4.98. The lowest BCUT2D eigenvalue weighted by molar-refractivity contribution is -0.138. The number of benzene rings is 1. The number of aromatic nitrogens is 2. The van der Waals surface area contributed by atoms with Crippen molar-refractivity contribution >= 4 is 11.9 Å². The SMILES string of the molecule is CC[C@H](C)[C@@H](CN(CC(=O)O)Cc1ccccc1)NC(=O)c1c[nH]cn1. The van der Waals surface area contributed by atoms with Crippen LogP contribution in [0.1, 0.15) is 36.3 Å². The fourth-order valence-electron chi connectivity index (χ4n) is 2.78. The van der Waals surface area contributed by atoms with Crippen molar-refractivity contribution in [3.05, 3.63) is 54.1 Å². The van der Waals surface area contributed by atoms with Gasteiger partial charge >= 0.3 is 5.97 Å². The molecule has 0 radical (unpaired) electrons. The van der Waals surface area contributed by atoms with Gasteiger partial charge in [-0.25, -0.2) is 4.98 Å². The Kier molecular flexibility index (Phi) is 7.35. The van der Waals surface area contributed by atoms with Crippen molar-refractivity contribution in [1.29, 1.82) is 0 Å². The van der Waals surface area contributed by atoms with Crippen molar-refractivity contribution in [2.24, 2.45) is 5.92 Å². The van der Waals surface area contributed by atoms with Crippen molar-refractivity contribution in [1.82, 2.24) is 20.2 Å². The summed E-state index contributed by atoms with van der Waals surface area (Å²) in [5, 5.41) is 12.3. The number of hydrogen-bond acceptors (Lipinski definition) is 4. The zero-order valence-electron chi connectivity index (χ0n) is 15.2. The van der Waals surface area contributed by atoms with Crippen LogP contribution in [0.4, 0.5) is 0 Å². The summed E-state index contributed by atoms with van der Waals surface area (Å²) in [5.41, 5.74) is 1.36. The van der Waals surface area contributed by atoms with Crippen molar-refractivity contribution in [2.75, 3.05) is 13.1 Å². The second-order valence-corrected chi connectivity index (χ2v) is 6.47. The van der Waals surface area contributed by atoms with Crippen LogP contribution < -0.4 is 5.32 Å². The number of rotatable bonds is 10. The molecule has 1 amide bonds. The van der Waals surface area contributed by atoms with E-state index in [1.54, 1.807) is 6.20 Å².